The Labute approximate surface area is 164 Å². The Bertz CT molecular complexity index is 931. The van der Waals surface area contributed by atoms with Crippen molar-refractivity contribution in [1.29, 1.82) is 0 Å². The number of primary amides is 1. The zero-order chi connectivity index (χ0) is 20.7. The molecule has 10 heteroatoms. The molecule has 0 radical (unpaired) electrons. The quantitative estimate of drug-likeness (QED) is 0.298. The van der Waals surface area contributed by atoms with Gasteiger partial charge < -0.3 is 15.8 Å². The molecule has 2 rings (SSSR count). The first kappa shape index (κ1) is 20.9. The number of rotatable bonds is 8. The number of hydrogen-bond acceptors (Lipinski definition) is 7. The van der Waals surface area contributed by atoms with Crippen LogP contribution in [0.1, 0.15) is 15.9 Å². The van der Waals surface area contributed by atoms with Gasteiger partial charge in [0.15, 0.2) is 6.61 Å². The molecule has 2 aromatic rings. The lowest BCUT2D eigenvalue weighted by atomic mass is 10.2. The maximum atomic E-state index is 12.2. The Kier molecular flexibility index (Phi) is 7.10. The molecule has 0 spiro atoms. The highest BCUT2D eigenvalue weighted by Crippen LogP contribution is 2.24. The van der Waals surface area contributed by atoms with Gasteiger partial charge >= 0.3 is 5.97 Å². The summed E-state index contributed by atoms with van der Waals surface area (Å²) in [5.41, 5.74) is 5.85. The Morgan fingerprint density at radius 2 is 1.93 bits per heavy atom. The number of carbonyl (C=O) groups is 3. The molecular formula is C18H17N3O6S. The highest BCUT2D eigenvalue weighted by molar-refractivity contribution is 8.00. The summed E-state index contributed by atoms with van der Waals surface area (Å²) < 4.78 is 5.00. The van der Waals surface area contributed by atoms with Gasteiger partial charge in [-0.2, -0.15) is 0 Å². The lowest BCUT2D eigenvalue weighted by molar-refractivity contribution is -0.385. The van der Waals surface area contributed by atoms with Crippen molar-refractivity contribution < 1.29 is 24.0 Å². The van der Waals surface area contributed by atoms with Gasteiger partial charge in [-0.1, -0.05) is 18.2 Å². The fourth-order valence-electron chi connectivity index (χ4n) is 2.20. The third kappa shape index (κ3) is 5.81. The highest BCUT2D eigenvalue weighted by Gasteiger charge is 2.16. The fraction of sp³-hybridized carbons (Fsp3) is 0.167. The summed E-state index contributed by atoms with van der Waals surface area (Å²) in [4.78, 5) is 46.0. The maximum absolute atomic E-state index is 12.2. The van der Waals surface area contributed by atoms with Crippen LogP contribution in [0, 0.1) is 17.0 Å². The van der Waals surface area contributed by atoms with Gasteiger partial charge in [0, 0.05) is 22.2 Å². The van der Waals surface area contributed by atoms with Crippen LogP contribution in [0.3, 0.4) is 0 Å². The van der Waals surface area contributed by atoms with E-state index >= 15 is 0 Å². The minimum absolute atomic E-state index is 0.00299. The lowest BCUT2D eigenvalue weighted by Gasteiger charge is -2.09. The van der Waals surface area contributed by atoms with Crippen LogP contribution in [0.4, 0.5) is 11.4 Å². The third-order valence-corrected chi connectivity index (χ3v) is 4.60. The third-order valence-electron chi connectivity index (χ3n) is 3.50. The van der Waals surface area contributed by atoms with Crippen LogP contribution in [-0.2, 0) is 14.3 Å². The van der Waals surface area contributed by atoms with Crippen molar-refractivity contribution in [2.45, 2.75) is 11.8 Å². The second-order valence-corrected chi connectivity index (χ2v) is 6.65. The number of nitro groups is 1. The molecule has 0 aromatic heterocycles. The number of esters is 1. The number of ether oxygens (including phenoxy) is 1. The fourth-order valence-corrected chi connectivity index (χ4v) is 2.98. The number of hydrogen-bond donors (Lipinski definition) is 2. The van der Waals surface area contributed by atoms with E-state index in [0.29, 0.717) is 10.5 Å². The van der Waals surface area contributed by atoms with Crippen LogP contribution >= 0.6 is 11.8 Å². The first-order valence-electron chi connectivity index (χ1n) is 8.00. The van der Waals surface area contributed by atoms with E-state index in [4.69, 9.17) is 10.5 Å². The smallest absolute Gasteiger partial charge is 0.339 e. The predicted molar refractivity (Wildman–Crippen MR) is 103 cm³/mol. The van der Waals surface area contributed by atoms with E-state index in [1.54, 1.807) is 25.1 Å². The van der Waals surface area contributed by atoms with Crippen molar-refractivity contribution in [3.8, 4) is 0 Å². The summed E-state index contributed by atoms with van der Waals surface area (Å²) in [5, 5.41) is 13.4. The number of nitrogens with one attached hydrogen (secondary N) is 1. The molecule has 0 fully saturated rings. The second kappa shape index (κ2) is 9.51. The molecule has 0 bridgehead atoms. The van der Waals surface area contributed by atoms with Crippen LogP contribution in [0.5, 0.6) is 0 Å². The van der Waals surface area contributed by atoms with Gasteiger partial charge in [0.1, 0.15) is 0 Å². The van der Waals surface area contributed by atoms with Crippen molar-refractivity contribution in [3.05, 3.63) is 63.7 Å². The van der Waals surface area contributed by atoms with E-state index in [0.717, 1.165) is 11.8 Å². The number of nitrogens with two attached hydrogens (primary N) is 1. The number of thioether (sulfide) groups is 1. The largest absolute Gasteiger partial charge is 0.452 e. The summed E-state index contributed by atoms with van der Waals surface area (Å²) in [7, 11) is 0. The Morgan fingerprint density at radius 1 is 1.21 bits per heavy atom. The van der Waals surface area contributed by atoms with Crippen LogP contribution < -0.4 is 11.1 Å². The molecule has 146 valence electrons. The first-order valence-corrected chi connectivity index (χ1v) is 8.98. The van der Waals surface area contributed by atoms with Crippen LogP contribution in [0.25, 0.3) is 0 Å². The molecule has 3 N–H and O–H groups in total. The van der Waals surface area contributed by atoms with E-state index < -0.39 is 29.3 Å². The zero-order valence-electron chi connectivity index (χ0n) is 14.8. The van der Waals surface area contributed by atoms with Crippen molar-refractivity contribution in [1.82, 2.24) is 0 Å². The molecule has 9 nitrogen and oxygen atoms in total. The Balaban J connectivity index is 1.98. The molecule has 2 aromatic carbocycles. The molecule has 0 unspecified atom stereocenters. The van der Waals surface area contributed by atoms with Gasteiger partial charge in [0.25, 0.3) is 11.6 Å². The van der Waals surface area contributed by atoms with Gasteiger partial charge in [-0.15, -0.1) is 11.8 Å². The van der Waals surface area contributed by atoms with Gasteiger partial charge in [-0.05, 0) is 25.1 Å². The molecule has 0 aliphatic heterocycles. The lowest BCUT2D eigenvalue weighted by Crippen LogP contribution is -2.21. The van der Waals surface area contributed by atoms with Crippen LogP contribution in [0.15, 0.2) is 47.4 Å². The molecule has 0 aliphatic rings. The number of aryl methyl sites for hydroxylation is 1. The molecular weight excluding hydrogens is 386 g/mol. The van der Waals surface area contributed by atoms with Crippen LogP contribution in [0.2, 0.25) is 0 Å². The summed E-state index contributed by atoms with van der Waals surface area (Å²) in [6.45, 7) is 1.01. The minimum atomic E-state index is -0.738. The van der Waals surface area contributed by atoms with Crippen molar-refractivity contribution in [3.63, 3.8) is 0 Å². The van der Waals surface area contributed by atoms with Gasteiger partial charge in [-0.25, -0.2) is 4.79 Å². The summed E-state index contributed by atoms with van der Waals surface area (Å²) in [6.07, 6.45) is 0. The van der Waals surface area contributed by atoms with E-state index in [1.165, 1.54) is 24.3 Å². The van der Waals surface area contributed by atoms with Gasteiger partial charge in [-0.3, -0.25) is 19.7 Å². The monoisotopic (exact) mass is 403 g/mol. The second-order valence-electron chi connectivity index (χ2n) is 5.63. The number of amides is 2. The average Bonchev–Trinajstić information content (AvgIpc) is 2.66. The Morgan fingerprint density at radius 3 is 2.61 bits per heavy atom. The van der Waals surface area contributed by atoms with Gasteiger partial charge in [0.05, 0.1) is 16.2 Å². The van der Waals surface area contributed by atoms with Crippen molar-refractivity contribution in [2.75, 3.05) is 17.7 Å². The van der Waals surface area contributed by atoms with E-state index in [9.17, 15) is 24.5 Å². The van der Waals surface area contributed by atoms with Crippen LogP contribution in [-0.4, -0.2) is 35.1 Å². The molecule has 28 heavy (non-hydrogen) atoms. The number of carbonyl (C=O) groups excluding carboxylic acids is 3. The summed E-state index contributed by atoms with van der Waals surface area (Å²) in [6, 6.07) is 10.7. The average molecular weight is 403 g/mol. The number of nitrogens with zero attached hydrogens (tertiary/aromatic N) is 1. The number of nitro benzene ring substituents is 1. The number of anilines is 1. The van der Waals surface area contributed by atoms with Crippen molar-refractivity contribution in [2.24, 2.45) is 5.73 Å². The van der Waals surface area contributed by atoms with E-state index in [2.05, 4.69) is 5.32 Å². The maximum Gasteiger partial charge on any atom is 0.339 e. The SMILES string of the molecule is Cc1ccc(NC(=O)COC(=O)c2ccccc2SCC(N)=O)cc1[N+](=O)[O-]. The van der Waals surface area contributed by atoms with E-state index in [-0.39, 0.29) is 22.7 Å². The topological polar surface area (TPSA) is 142 Å². The molecule has 0 saturated heterocycles. The van der Waals surface area contributed by atoms with Gasteiger partial charge in [0.2, 0.25) is 5.91 Å². The minimum Gasteiger partial charge on any atom is -0.452 e. The molecule has 2 amide bonds. The predicted octanol–water partition coefficient (Wildman–Crippen LogP) is 2.28. The normalized spacial score (nSPS) is 10.2. The van der Waals surface area contributed by atoms with Crippen molar-refractivity contribution >= 4 is 40.9 Å². The summed E-state index contributed by atoms with van der Waals surface area (Å²) in [5.74, 6) is -1.91. The number of benzene rings is 2. The van der Waals surface area contributed by atoms with E-state index in [1.807, 2.05) is 0 Å². The Hall–Kier alpha value is -3.40. The standard InChI is InChI=1S/C18H17N3O6S/c1-11-6-7-12(8-14(11)21(25)26)20-17(23)9-27-18(24)13-4-2-3-5-15(13)28-10-16(19)22/h2-8H,9-10H2,1H3,(H2,19,22)(H,20,23). The first-order chi connectivity index (χ1) is 13.3. The zero-order valence-corrected chi connectivity index (χ0v) is 15.7. The molecule has 0 aliphatic carbocycles. The highest BCUT2D eigenvalue weighted by atomic mass is 32.2. The molecule has 0 heterocycles. The molecule has 0 atom stereocenters. The summed E-state index contributed by atoms with van der Waals surface area (Å²) >= 11 is 1.09. The molecule has 0 saturated carbocycles.